The van der Waals surface area contributed by atoms with Gasteiger partial charge in [0.15, 0.2) is 0 Å². The van der Waals surface area contributed by atoms with Gasteiger partial charge in [0.2, 0.25) is 11.7 Å². The molecule has 0 bridgehead atoms. The molecule has 122 valence electrons. The van der Waals surface area contributed by atoms with Crippen LogP contribution in [0.25, 0.3) is 11.4 Å². The first kappa shape index (κ1) is 15.6. The number of amides is 1. The third-order valence-electron chi connectivity index (χ3n) is 4.33. The Bertz CT molecular complexity index is 681. The highest BCUT2D eigenvalue weighted by atomic mass is 19.1. The van der Waals surface area contributed by atoms with E-state index >= 15 is 0 Å². The van der Waals surface area contributed by atoms with Crippen LogP contribution < -0.4 is 0 Å². The summed E-state index contributed by atoms with van der Waals surface area (Å²) < 4.78 is 13.2. The van der Waals surface area contributed by atoms with Gasteiger partial charge in [-0.05, 0) is 30.2 Å². The summed E-state index contributed by atoms with van der Waals surface area (Å²) in [5.74, 6) is -0.0651. The standard InChI is InChI=1S/C16H20FN5O/c1-21(14-8-3-2-4-9-14)15(23)11-22-19-16(18-20-22)12-6-5-7-13(17)10-12/h5-7,10,14H,2-4,8-9,11H2,1H3. The van der Waals surface area contributed by atoms with Crippen molar-refractivity contribution in [3.63, 3.8) is 0 Å². The van der Waals surface area contributed by atoms with Crippen LogP contribution in [0.2, 0.25) is 0 Å². The molecule has 1 aliphatic carbocycles. The van der Waals surface area contributed by atoms with E-state index in [1.807, 2.05) is 7.05 Å². The van der Waals surface area contributed by atoms with E-state index in [-0.39, 0.29) is 18.3 Å². The molecule has 0 unspecified atom stereocenters. The van der Waals surface area contributed by atoms with Crippen molar-refractivity contribution in [2.24, 2.45) is 0 Å². The Kier molecular flexibility index (Phi) is 4.64. The van der Waals surface area contributed by atoms with E-state index in [0.29, 0.717) is 17.4 Å². The van der Waals surface area contributed by atoms with Gasteiger partial charge in [0.1, 0.15) is 12.4 Å². The summed E-state index contributed by atoms with van der Waals surface area (Å²) in [5.41, 5.74) is 0.546. The number of likely N-dealkylation sites (N-methyl/N-ethyl adjacent to an activating group) is 1. The lowest BCUT2D eigenvalue weighted by Gasteiger charge is -2.31. The van der Waals surface area contributed by atoms with Crippen LogP contribution in [0.15, 0.2) is 24.3 Å². The fourth-order valence-electron chi connectivity index (χ4n) is 2.96. The van der Waals surface area contributed by atoms with Crippen LogP contribution >= 0.6 is 0 Å². The molecule has 0 aliphatic heterocycles. The van der Waals surface area contributed by atoms with Crippen molar-refractivity contribution in [2.45, 2.75) is 44.7 Å². The molecule has 1 amide bonds. The van der Waals surface area contributed by atoms with E-state index in [1.165, 1.54) is 36.2 Å². The van der Waals surface area contributed by atoms with Crippen LogP contribution in [0.1, 0.15) is 32.1 Å². The molecule has 1 aliphatic rings. The molecule has 1 aromatic carbocycles. The Hall–Kier alpha value is -2.31. The number of tetrazole rings is 1. The van der Waals surface area contributed by atoms with Crippen LogP contribution in [0, 0.1) is 5.82 Å². The highest BCUT2D eigenvalue weighted by Crippen LogP contribution is 2.21. The first-order chi connectivity index (χ1) is 11.1. The second-order valence-electron chi connectivity index (χ2n) is 5.95. The smallest absolute Gasteiger partial charge is 0.246 e. The van der Waals surface area contributed by atoms with Crippen molar-refractivity contribution in [1.82, 2.24) is 25.1 Å². The number of halogens is 1. The van der Waals surface area contributed by atoms with Crippen LogP contribution in [0.5, 0.6) is 0 Å². The molecule has 0 radical (unpaired) electrons. The zero-order valence-corrected chi connectivity index (χ0v) is 13.2. The molecule has 0 saturated heterocycles. The summed E-state index contributed by atoms with van der Waals surface area (Å²) in [6, 6.07) is 6.31. The number of aromatic nitrogens is 4. The van der Waals surface area contributed by atoms with Gasteiger partial charge in [-0.1, -0.05) is 31.4 Å². The first-order valence-corrected chi connectivity index (χ1v) is 7.93. The summed E-state index contributed by atoms with van der Waals surface area (Å²) in [6.07, 6.45) is 5.71. The van der Waals surface area contributed by atoms with Crippen LogP contribution in [0.4, 0.5) is 4.39 Å². The Morgan fingerprint density at radius 2 is 2.13 bits per heavy atom. The maximum atomic E-state index is 13.2. The molecule has 3 rings (SSSR count). The number of hydrogen-bond donors (Lipinski definition) is 0. The van der Waals surface area contributed by atoms with Gasteiger partial charge in [0.25, 0.3) is 0 Å². The Labute approximate surface area is 134 Å². The molecule has 1 aromatic heterocycles. The number of carbonyl (C=O) groups excluding carboxylic acids is 1. The van der Waals surface area contributed by atoms with Crippen LogP contribution in [-0.4, -0.2) is 44.1 Å². The lowest BCUT2D eigenvalue weighted by Crippen LogP contribution is -2.40. The first-order valence-electron chi connectivity index (χ1n) is 7.93. The molecule has 0 atom stereocenters. The van der Waals surface area contributed by atoms with Crippen molar-refractivity contribution in [3.05, 3.63) is 30.1 Å². The molecule has 23 heavy (non-hydrogen) atoms. The van der Waals surface area contributed by atoms with E-state index in [2.05, 4.69) is 15.4 Å². The SMILES string of the molecule is CN(C(=O)Cn1nnc(-c2cccc(F)c2)n1)C1CCCCC1. The zero-order valence-electron chi connectivity index (χ0n) is 13.2. The van der Waals surface area contributed by atoms with Gasteiger partial charge in [-0.15, -0.1) is 10.2 Å². The molecular formula is C16H20FN5O. The fraction of sp³-hybridized carbons (Fsp3) is 0.500. The second kappa shape index (κ2) is 6.85. The third kappa shape index (κ3) is 3.72. The molecule has 1 heterocycles. The van der Waals surface area contributed by atoms with E-state index < -0.39 is 0 Å². The van der Waals surface area contributed by atoms with Gasteiger partial charge in [-0.25, -0.2) is 4.39 Å². The predicted octanol–water partition coefficient (Wildman–Crippen LogP) is 2.27. The van der Waals surface area contributed by atoms with Gasteiger partial charge in [0.05, 0.1) is 0 Å². The van der Waals surface area contributed by atoms with Crippen LogP contribution in [-0.2, 0) is 11.3 Å². The minimum atomic E-state index is -0.355. The maximum absolute atomic E-state index is 13.2. The van der Waals surface area contributed by atoms with Gasteiger partial charge in [0, 0.05) is 18.7 Å². The summed E-state index contributed by atoms with van der Waals surface area (Å²) in [4.78, 5) is 15.4. The zero-order chi connectivity index (χ0) is 16.2. The van der Waals surface area contributed by atoms with Crippen molar-refractivity contribution in [3.8, 4) is 11.4 Å². The molecule has 0 N–H and O–H groups in total. The van der Waals surface area contributed by atoms with E-state index in [9.17, 15) is 9.18 Å². The van der Waals surface area contributed by atoms with Gasteiger partial charge < -0.3 is 4.90 Å². The van der Waals surface area contributed by atoms with Crippen molar-refractivity contribution < 1.29 is 9.18 Å². The van der Waals surface area contributed by atoms with Gasteiger partial charge in [-0.2, -0.15) is 4.80 Å². The van der Waals surface area contributed by atoms with E-state index in [0.717, 1.165) is 12.8 Å². The summed E-state index contributed by atoms with van der Waals surface area (Å²) in [6.45, 7) is 0.0509. The topological polar surface area (TPSA) is 63.9 Å². The Morgan fingerprint density at radius 3 is 2.87 bits per heavy atom. The van der Waals surface area contributed by atoms with Crippen LogP contribution in [0.3, 0.4) is 0 Å². The van der Waals surface area contributed by atoms with Gasteiger partial charge >= 0.3 is 0 Å². The largest absolute Gasteiger partial charge is 0.341 e. The number of benzene rings is 1. The Balaban J connectivity index is 1.65. The van der Waals surface area contributed by atoms with E-state index in [4.69, 9.17) is 0 Å². The van der Waals surface area contributed by atoms with E-state index in [1.54, 1.807) is 17.0 Å². The normalized spacial score (nSPS) is 15.6. The predicted molar refractivity (Wildman–Crippen MR) is 82.9 cm³/mol. The third-order valence-corrected chi connectivity index (χ3v) is 4.33. The van der Waals surface area contributed by atoms with Gasteiger partial charge in [-0.3, -0.25) is 4.79 Å². The minimum Gasteiger partial charge on any atom is -0.341 e. The summed E-state index contributed by atoms with van der Waals surface area (Å²) >= 11 is 0. The fourth-order valence-corrected chi connectivity index (χ4v) is 2.96. The highest BCUT2D eigenvalue weighted by Gasteiger charge is 2.22. The highest BCUT2D eigenvalue weighted by molar-refractivity contribution is 5.75. The lowest BCUT2D eigenvalue weighted by atomic mass is 9.94. The molecule has 1 saturated carbocycles. The molecular weight excluding hydrogens is 297 g/mol. The second-order valence-corrected chi connectivity index (χ2v) is 5.95. The average molecular weight is 317 g/mol. The van der Waals surface area contributed by atoms with Crippen molar-refractivity contribution in [2.75, 3.05) is 7.05 Å². The minimum absolute atomic E-state index is 0.0277. The molecule has 7 heteroatoms. The maximum Gasteiger partial charge on any atom is 0.246 e. The molecule has 0 spiro atoms. The quantitative estimate of drug-likeness (QED) is 0.868. The number of hydrogen-bond acceptors (Lipinski definition) is 4. The molecule has 1 fully saturated rings. The Morgan fingerprint density at radius 1 is 1.35 bits per heavy atom. The van der Waals surface area contributed by atoms with Crippen molar-refractivity contribution >= 4 is 5.91 Å². The number of rotatable bonds is 4. The lowest BCUT2D eigenvalue weighted by molar-refractivity contribution is -0.133. The summed E-state index contributed by atoms with van der Waals surface area (Å²) in [5, 5.41) is 12.0. The summed E-state index contributed by atoms with van der Waals surface area (Å²) in [7, 11) is 1.84. The van der Waals surface area contributed by atoms with Crippen molar-refractivity contribution in [1.29, 1.82) is 0 Å². The monoisotopic (exact) mass is 317 g/mol. The number of carbonyl (C=O) groups is 1. The molecule has 2 aromatic rings. The number of nitrogens with zero attached hydrogens (tertiary/aromatic N) is 5. The average Bonchev–Trinajstić information content (AvgIpc) is 3.03. The molecule has 6 nitrogen and oxygen atoms in total.